The van der Waals surface area contributed by atoms with E-state index in [0.717, 1.165) is 92.9 Å². The molecule has 0 radical (unpaired) electrons. The van der Waals surface area contributed by atoms with Crippen molar-refractivity contribution in [2.45, 2.75) is 210 Å². The van der Waals surface area contributed by atoms with Crippen molar-refractivity contribution in [3.63, 3.8) is 0 Å². The molecule has 13 heteroatoms. The Labute approximate surface area is 539 Å². The number of esters is 2. The highest BCUT2D eigenvalue weighted by Crippen LogP contribution is 2.52. The lowest BCUT2D eigenvalue weighted by molar-refractivity contribution is -0.573. The molecule has 0 bridgehead atoms. The number of aliphatic imine (C=N–C) groups is 1. The molecule has 2 amide bonds. The highest BCUT2D eigenvalue weighted by Gasteiger charge is 2.58. The molecule has 2 saturated carbocycles. The number of amides is 2. The lowest BCUT2D eigenvalue weighted by Gasteiger charge is -2.47. The van der Waals surface area contributed by atoms with E-state index in [-0.39, 0.29) is 62.7 Å². The minimum absolute atomic E-state index is 0.0862. The van der Waals surface area contributed by atoms with E-state index >= 15 is 0 Å². The van der Waals surface area contributed by atoms with Crippen LogP contribution in [-0.2, 0) is 19.1 Å². The molecule has 89 heavy (non-hydrogen) atoms. The molecule has 480 valence electrons. The first-order valence-corrected chi connectivity index (χ1v) is 34.5. The molecular weight excluding hydrogens is 1150 g/mol. The summed E-state index contributed by atoms with van der Waals surface area (Å²) in [6, 6.07) is 46.9. The van der Waals surface area contributed by atoms with Crippen molar-refractivity contribution < 1.29 is 33.4 Å². The number of carbonyl (C=O) groups excluding carboxylic acids is 4. The average molecular weight is 1250 g/mol. The Balaban J connectivity index is 0.000000198. The Hall–Kier alpha value is -6.16. The first kappa shape index (κ1) is 70.3. The maximum absolute atomic E-state index is 13.5. The number of nitrogens with zero attached hydrogens (tertiary/aromatic N) is 4. The summed E-state index contributed by atoms with van der Waals surface area (Å²) in [7, 11) is -0.446. The van der Waals surface area contributed by atoms with Gasteiger partial charge in [-0.05, 0) is 170 Å². The molecule has 0 unspecified atom stereocenters. The van der Waals surface area contributed by atoms with Gasteiger partial charge in [0.2, 0.25) is 6.21 Å². The van der Waals surface area contributed by atoms with Crippen LogP contribution in [0.3, 0.4) is 0 Å². The van der Waals surface area contributed by atoms with Crippen molar-refractivity contribution in [3.8, 4) is 0 Å². The van der Waals surface area contributed by atoms with Crippen molar-refractivity contribution in [3.05, 3.63) is 167 Å². The van der Waals surface area contributed by atoms with Crippen LogP contribution < -0.4 is 15.9 Å². The summed E-state index contributed by atoms with van der Waals surface area (Å²) >= 11 is 6.44. The van der Waals surface area contributed by atoms with E-state index in [1.54, 1.807) is 12.1 Å². The molecule has 4 aliphatic rings. The molecule has 5 aromatic carbocycles. The van der Waals surface area contributed by atoms with Crippen LogP contribution in [0.15, 0.2) is 145 Å². The molecule has 2 atom stereocenters. The van der Waals surface area contributed by atoms with Crippen molar-refractivity contribution in [1.29, 1.82) is 0 Å². The quantitative estimate of drug-likeness (QED) is 0.0392. The topological polar surface area (TPSA) is 132 Å². The van der Waals surface area contributed by atoms with E-state index in [4.69, 9.17) is 26.1 Å². The Bertz CT molecular complexity index is 2980. The van der Waals surface area contributed by atoms with Gasteiger partial charge in [-0.1, -0.05) is 224 Å². The zero-order valence-electron chi connectivity index (χ0n) is 56.0. The SMILES string of the molecule is CCCOC(=O)c1ccc([C@@H](CCC(C)(C)C)N2C(=O)C(Cl)=NC23CCC(C(C)(C)C)CC3)cc1.CCCOC(=O)c1ccc([C@@H](CCC(C)(C)C)N2C(=O)C=[N+]([O-])C23CCC(C(C)(C)C)CC3)cc1.c1ccc(P(c2ccccc2)c2ccccc2)cc1. The van der Waals surface area contributed by atoms with Gasteiger partial charge in [-0.2, -0.15) is 4.74 Å². The van der Waals surface area contributed by atoms with Crippen LogP contribution in [0.25, 0.3) is 0 Å². The first-order valence-electron chi connectivity index (χ1n) is 32.7. The average Bonchev–Trinajstić information content (AvgIpc) is 1.64. The summed E-state index contributed by atoms with van der Waals surface area (Å²) in [6.07, 6.45) is 13.1. The predicted molar refractivity (Wildman–Crippen MR) is 367 cm³/mol. The highest BCUT2D eigenvalue weighted by molar-refractivity contribution is 7.79. The minimum Gasteiger partial charge on any atom is -0.622 e. The molecule has 2 aliphatic carbocycles. The minimum atomic E-state index is -0.833. The van der Waals surface area contributed by atoms with Crippen LogP contribution >= 0.6 is 19.5 Å². The van der Waals surface area contributed by atoms with E-state index in [1.807, 2.05) is 60.0 Å². The molecule has 9 rings (SSSR count). The van der Waals surface area contributed by atoms with Crippen LogP contribution in [0.4, 0.5) is 0 Å². The van der Waals surface area contributed by atoms with Gasteiger partial charge in [0.1, 0.15) is 5.66 Å². The van der Waals surface area contributed by atoms with Crippen LogP contribution in [-0.4, -0.2) is 74.2 Å². The number of ether oxygens (including phenoxy) is 2. The van der Waals surface area contributed by atoms with E-state index < -0.39 is 19.2 Å². The van der Waals surface area contributed by atoms with E-state index in [1.165, 1.54) is 22.1 Å². The van der Waals surface area contributed by atoms with Gasteiger partial charge in [0.15, 0.2) is 5.17 Å². The van der Waals surface area contributed by atoms with Crippen LogP contribution in [0.5, 0.6) is 0 Å². The number of hydrogen-bond acceptors (Lipinski definition) is 8. The molecule has 0 aromatic heterocycles. The van der Waals surface area contributed by atoms with Gasteiger partial charge in [-0.15, -0.1) is 0 Å². The van der Waals surface area contributed by atoms with Gasteiger partial charge < -0.3 is 19.6 Å². The summed E-state index contributed by atoms with van der Waals surface area (Å²) in [6.45, 7) is 31.6. The molecular formula is C76H102ClN4O7P. The predicted octanol–water partition coefficient (Wildman–Crippen LogP) is 17.5. The van der Waals surface area contributed by atoms with Gasteiger partial charge in [-0.25, -0.2) is 14.6 Å². The number of halogens is 1. The maximum Gasteiger partial charge on any atom is 0.338 e. The largest absolute Gasteiger partial charge is 0.622 e. The Kier molecular flexibility index (Phi) is 23.9. The summed E-state index contributed by atoms with van der Waals surface area (Å²) in [5.41, 5.74) is 2.19. The number of benzene rings is 5. The van der Waals surface area contributed by atoms with Crippen molar-refractivity contribution in [2.75, 3.05) is 13.2 Å². The number of hydroxylamine groups is 1. The molecule has 2 spiro atoms. The second-order valence-electron chi connectivity index (χ2n) is 29.6. The van der Waals surface area contributed by atoms with E-state index in [2.05, 4.69) is 174 Å². The van der Waals surface area contributed by atoms with Crippen molar-refractivity contribution >= 4 is 70.6 Å². The fourth-order valence-corrected chi connectivity index (χ4v) is 15.7. The lowest BCUT2D eigenvalue weighted by Crippen LogP contribution is -2.55. The van der Waals surface area contributed by atoms with Crippen molar-refractivity contribution in [2.24, 2.45) is 38.5 Å². The molecule has 2 fully saturated rings. The fourth-order valence-electron chi connectivity index (χ4n) is 13.2. The fraction of sp³-hybridized carbons (Fsp3) is 0.526. The molecule has 11 nitrogen and oxygen atoms in total. The van der Waals surface area contributed by atoms with Gasteiger partial charge >= 0.3 is 17.8 Å². The van der Waals surface area contributed by atoms with Gasteiger partial charge in [0, 0.05) is 12.8 Å². The molecule has 2 heterocycles. The highest BCUT2D eigenvalue weighted by atomic mass is 35.5. The second-order valence-corrected chi connectivity index (χ2v) is 32.2. The Morgan fingerprint density at radius 1 is 0.573 bits per heavy atom. The Morgan fingerprint density at radius 2 is 0.933 bits per heavy atom. The third-order valence-electron chi connectivity index (χ3n) is 18.4. The van der Waals surface area contributed by atoms with Crippen molar-refractivity contribution in [1.82, 2.24) is 9.80 Å². The monoisotopic (exact) mass is 1250 g/mol. The number of rotatable bonds is 17. The lowest BCUT2D eigenvalue weighted by atomic mass is 9.69. The van der Waals surface area contributed by atoms with E-state index in [9.17, 15) is 24.4 Å². The third-order valence-corrected chi connectivity index (χ3v) is 21.1. The molecule has 5 aromatic rings. The summed E-state index contributed by atoms with van der Waals surface area (Å²) in [4.78, 5) is 60.1. The van der Waals surface area contributed by atoms with E-state index in [0.29, 0.717) is 49.0 Å². The molecule has 2 aliphatic heterocycles. The van der Waals surface area contributed by atoms with Crippen LogP contribution in [0.1, 0.15) is 231 Å². The number of carbonyl (C=O) groups is 4. The first-order chi connectivity index (χ1) is 42.0. The number of hydrogen-bond donors (Lipinski definition) is 0. The third kappa shape index (κ3) is 18.3. The smallest absolute Gasteiger partial charge is 0.338 e. The zero-order valence-corrected chi connectivity index (χ0v) is 57.6. The molecule has 0 N–H and O–H groups in total. The summed E-state index contributed by atoms with van der Waals surface area (Å²) in [5.74, 6) is 0.0931. The maximum atomic E-state index is 13.5. The molecule has 0 saturated heterocycles. The van der Waals surface area contributed by atoms with Crippen LogP contribution in [0.2, 0.25) is 0 Å². The van der Waals surface area contributed by atoms with Gasteiger partial charge in [0.25, 0.3) is 11.6 Å². The second kappa shape index (κ2) is 30.3. The summed E-state index contributed by atoms with van der Waals surface area (Å²) < 4.78 is 11.5. The van der Waals surface area contributed by atoms with Crippen LogP contribution in [0, 0.1) is 38.7 Å². The zero-order chi connectivity index (χ0) is 65.0. The Morgan fingerprint density at radius 3 is 1.28 bits per heavy atom. The summed E-state index contributed by atoms with van der Waals surface area (Å²) in [5, 5.41) is 17.5. The standard InChI is InChI=1S/C29H43ClN2O3.C29H44N2O4.C18H15P/c1-8-19-35-26(34)21-11-9-20(10-12-21)23(15-16-27(2,3)4)32-25(33)24(30)31-29(32)17-13-22(14-18-29)28(5,6)7;1-8-19-35-26(33)22-11-9-21(10-12-22)24(15-16-27(2,3)4)31-25(32)20-30(34)29(31)17-13-23(14-18-29)28(5,6)7;1-4-10-16(11-5-1)19(17-12-6-2-7-13-17)18-14-8-3-9-15-18/h9-12,22-23H,8,13-19H2,1-7H3;9-12,20,23-24H,8,13-19H2,1-7H3;1-15H/t22?,23-,29?;23?,24-,29?;/m11./s1. The normalized spacial score (nSPS) is 21.1. The van der Waals surface area contributed by atoms with Gasteiger partial charge in [-0.3, -0.25) is 14.5 Å². The van der Waals surface area contributed by atoms with Gasteiger partial charge in [0.05, 0.1) is 36.4 Å².